The summed E-state index contributed by atoms with van der Waals surface area (Å²) in [4.78, 5) is 4.79. The normalized spacial score (nSPS) is 25.2. The van der Waals surface area contributed by atoms with Crippen molar-refractivity contribution in [3.63, 3.8) is 0 Å². The lowest BCUT2D eigenvalue weighted by Crippen LogP contribution is -2.50. The summed E-state index contributed by atoms with van der Waals surface area (Å²) in [5.41, 5.74) is 1.23. The van der Waals surface area contributed by atoms with Gasteiger partial charge in [0.25, 0.3) is 0 Å². The molecular formula is C18H28N2O3S. The lowest BCUT2D eigenvalue weighted by Gasteiger charge is -2.37. The van der Waals surface area contributed by atoms with Gasteiger partial charge in [0.15, 0.2) is 9.84 Å². The van der Waals surface area contributed by atoms with Gasteiger partial charge in [-0.05, 0) is 26.3 Å². The Morgan fingerprint density at radius 3 is 2.50 bits per heavy atom. The molecular weight excluding hydrogens is 324 g/mol. The fourth-order valence-corrected chi connectivity index (χ4v) is 5.36. The van der Waals surface area contributed by atoms with Crippen molar-refractivity contribution < 1.29 is 13.2 Å². The van der Waals surface area contributed by atoms with Gasteiger partial charge in [-0.2, -0.15) is 0 Å². The van der Waals surface area contributed by atoms with Crippen LogP contribution < -0.4 is 4.74 Å². The van der Waals surface area contributed by atoms with Gasteiger partial charge in [-0.1, -0.05) is 18.2 Å². The van der Waals surface area contributed by atoms with Crippen molar-refractivity contribution in [3.05, 3.63) is 29.8 Å². The Labute approximate surface area is 145 Å². The number of nitrogens with zero attached hydrogens (tertiary/aromatic N) is 2. The van der Waals surface area contributed by atoms with Crippen LogP contribution in [-0.2, 0) is 16.4 Å². The second-order valence-corrected chi connectivity index (χ2v) is 9.37. The third-order valence-electron chi connectivity index (χ3n) is 4.86. The summed E-state index contributed by atoms with van der Waals surface area (Å²) < 4.78 is 29.2. The van der Waals surface area contributed by atoms with E-state index in [1.54, 1.807) is 0 Å². The zero-order chi connectivity index (χ0) is 17.2. The summed E-state index contributed by atoms with van der Waals surface area (Å²) in [7, 11) is -2.80. The van der Waals surface area contributed by atoms with Crippen molar-refractivity contribution in [1.29, 1.82) is 0 Å². The molecule has 2 heterocycles. The lowest BCUT2D eigenvalue weighted by molar-refractivity contribution is 0.0989. The maximum absolute atomic E-state index is 11.7. The quantitative estimate of drug-likeness (QED) is 0.808. The van der Waals surface area contributed by atoms with E-state index in [1.165, 1.54) is 5.56 Å². The van der Waals surface area contributed by atoms with E-state index in [1.807, 2.05) is 26.0 Å². The zero-order valence-electron chi connectivity index (χ0n) is 14.6. The third-order valence-corrected chi connectivity index (χ3v) is 6.61. The molecule has 24 heavy (non-hydrogen) atoms. The molecule has 2 saturated heterocycles. The van der Waals surface area contributed by atoms with Crippen molar-refractivity contribution in [2.24, 2.45) is 0 Å². The molecule has 0 radical (unpaired) electrons. The molecule has 3 rings (SSSR count). The molecule has 2 aliphatic rings. The molecule has 5 nitrogen and oxygen atoms in total. The van der Waals surface area contributed by atoms with Crippen molar-refractivity contribution in [2.75, 3.05) is 37.7 Å². The molecule has 0 bridgehead atoms. The van der Waals surface area contributed by atoms with Crippen LogP contribution in [0.1, 0.15) is 25.8 Å². The van der Waals surface area contributed by atoms with Crippen LogP contribution in [0.4, 0.5) is 0 Å². The average Bonchev–Trinajstić information content (AvgIpc) is 2.90. The molecule has 0 saturated carbocycles. The van der Waals surface area contributed by atoms with E-state index < -0.39 is 9.84 Å². The molecule has 1 atom stereocenters. The number of rotatable bonds is 5. The number of hydrogen-bond acceptors (Lipinski definition) is 5. The Hall–Kier alpha value is -1.11. The Morgan fingerprint density at radius 1 is 1.17 bits per heavy atom. The first-order chi connectivity index (χ1) is 11.4. The summed E-state index contributed by atoms with van der Waals surface area (Å²) in [5.74, 6) is 1.67. The number of piperazine rings is 1. The summed E-state index contributed by atoms with van der Waals surface area (Å²) in [6.45, 7) is 8.84. The fraction of sp³-hybridized carbons (Fsp3) is 0.667. The van der Waals surface area contributed by atoms with Gasteiger partial charge in [-0.15, -0.1) is 0 Å². The topological polar surface area (TPSA) is 49.9 Å². The number of benzene rings is 1. The monoisotopic (exact) mass is 352 g/mol. The first kappa shape index (κ1) is 17.7. The van der Waals surface area contributed by atoms with Gasteiger partial charge < -0.3 is 4.74 Å². The van der Waals surface area contributed by atoms with E-state index >= 15 is 0 Å². The van der Waals surface area contributed by atoms with Crippen LogP contribution in [0.5, 0.6) is 5.75 Å². The predicted octanol–water partition coefficient (Wildman–Crippen LogP) is 1.78. The summed E-state index contributed by atoms with van der Waals surface area (Å²) in [6.07, 6.45) is 0.972. The SMILES string of the molecule is CC(C)Oc1ccccc1CN1CCN([C@@H]2CCS(=O)(=O)C2)CC1. The van der Waals surface area contributed by atoms with E-state index in [2.05, 4.69) is 21.9 Å². The molecule has 0 aromatic heterocycles. The lowest BCUT2D eigenvalue weighted by atomic mass is 10.1. The van der Waals surface area contributed by atoms with E-state index in [-0.39, 0.29) is 12.1 Å². The summed E-state index contributed by atoms with van der Waals surface area (Å²) >= 11 is 0. The molecule has 0 unspecified atom stereocenters. The van der Waals surface area contributed by atoms with Gasteiger partial charge >= 0.3 is 0 Å². The first-order valence-corrected chi connectivity index (χ1v) is 10.7. The fourth-order valence-electron chi connectivity index (χ4n) is 3.59. The smallest absolute Gasteiger partial charge is 0.151 e. The van der Waals surface area contributed by atoms with Crippen molar-refractivity contribution in [3.8, 4) is 5.75 Å². The highest BCUT2D eigenvalue weighted by Gasteiger charge is 2.33. The highest BCUT2D eigenvalue weighted by atomic mass is 32.2. The van der Waals surface area contributed by atoms with E-state index in [9.17, 15) is 8.42 Å². The Morgan fingerprint density at radius 2 is 1.88 bits per heavy atom. The van der Waals surface area contributed by atoms with Crippen molar-refractivity contribution in [1.82, 2.24) is 9.80 Å². The average molecular weight is 353 g/mol. The van der Waals surface area contributed by atoms with Crippen LogP contribution in [0.15, 0.2) is 24.3 Å². The molecule has 1 aromatic carbocycles. The van der Waals surface area contributed by atoms with Crippen LogP contribution in [0.25, 0.3) is 0 Å². The standard InChI is InChI=1S/C18H28N2O3S/c1-15(2)23-18-6-4-3-5-16(18)13-19-8-10-20(11-9-19)17-7-12-24(21,22)14-17/h3-6,15,17H,7-14H2,1-2H3/t17-/m1/s1. The van der Waals surface area contributed by atoms with Crippen LogP contribution >= 0.6 is 0 Å². The molecule has 2 aliphatic heterocycles. The van der Waals surface area contributed by atoms with E-state index in [0.717, 1.165) is 44.9 Å². The molecule has 0 amide bonds. The number of sulfone groups is 1. The van der Waals surface area contributed by atoms with Crippen LogP contribution in [0.2, 0.25) is 0 Å². The van der Waals surface area contributed by atoms with Crippen LogP contribution in [-0.4, -0.2) is 68.0 Å². The van der Waals surface area contributed by atoms with Crippen LogP contribution in [0.3, 0.4) is 0 Å². The third kappa shape index (κ3) is 4.49. The zero-order valence-corrected chi connectivity index (χ0v) is 15.5. The minimum Gasteiger partial charge on any atom is -0.491 e. The minimum absolute atomic E-state index is 0.173. The minimum atomic E-state index is -2.80. The largest absolute Gasteiger partial charge is 0.491 e. The second kappa shape index (κ2) is 7.42. The van der Waals surface area contributed by atoms with Crippen molar-refractivity contribution in [2.45, 2.75) is 39.0 Å². The van der Waals surface area contributed by atoms with Crippen molar-refractivity contribution >= 4 is 9.84 Å². The molecule has 2 fully saturated rings. The van der Waals surface area contributed by atoms with Gasteiger partial charge in [-0.25, -0.2) is 8.42 Å². The highest BCUT2D eigenvalue weighted by molar-refractivity contribution is 7.91. The Bertz CT molecular complexity index is 652. The maximum Gasteiger partial charge on any atom is 0.151 e. The number of hydrogen-bond donors (Lipinski definition) is 0. The highest BCUT2D eigenvalue weighted by Crippen LogP contribution is 2.23. The van der Waals surface area contributed by atoms with E-state index in [0.29, 0.717) is 11.5 Å². The van der Waals surface area contributed by atoms with Crippen LogP contribution in [0, 0.1) is 0 Å². The maximum atomic E-state index is 11.7. The number of para-hydroxylation sites is 1. The number of ether oxygens (including phenoxy) is 1. The van der Waals surface area contributed by atoms with Gasteiger partial charge in [-0.3, -0.25) is 9.80 Å². The van der Waals surface area contributed by atoms with Gasteiger partial charge in [0.1, 0.15) is 5.75 Å². The summed E-state index contributed by atoms with van der Waals surface area (Å²) in [5, 5.41) is 0. The summed E-state index contributed by atoms with van der Waals surface area (Å²) in [6, 6.07) is 8.47. The molecule has 6 heteroatoms. The Balaban J connectivity index is 1.54. The Kier molecular flexibility index (Phi) is 5.47. The predicted molar refractivity (Wildman–Crippen MR) is 96.1 cm³/mol. The van der Waals surface area contributed by atoms with Gasteiger partial charge in [0.2, 0.25) is 0 Å². The molecule has 0 N–H and O–H groups in total. The van der Waals surface area contributed by atoms with Gasteiger partial charge in [0.05, 0.1) is 17.6 Å². The second-order valence-electron chi connectivity index (χ2n) is 7.14. The first-order valence-electron chi connectivity index (χ1n) is 8.84. The van der Waals surface area contributed by atoms with E-state index in [4.69, 9.17) is 4.74 Å². The molecule has 134 valence electrons. The van der Waals surface area contributed by atoms with Gasteiger partial charge in [0, 0.05) is 44.3 Å². The molecule has 0 spiro atoms. The molecule has 0 aliphatic carbocycles. The molecule has 1 aromatic rings.